The van der Waals surface area contributed by atoms with E-state index in [1.165, 1.54) is 0 Å². The number of nitrogens with one attached hydrogen (secondary N) is 1. The molecule has 1 N–H and O–H groups in total. The Hall–Kier alpha value is -0.220. The molecular formula is C10H22N2OS. The zero-order valence-corrected chi connectivity index (χ0v) is 10.5. The molecule has 0 aliphatic heterocycles. The first-order chi connectivity index (χ1) is 6.61. The van der Waals surface area contributed by atoms with Gasteiger partial charge in [0, 0.05) is 18.8 Å². The van der Waals surface area contributed by atoms with Crippen LogP contribution in [0.15, 0.2) is 0 Å². The Morgan fingerprint density at radius 2 is 2.21 bits per heavy atom. The average molecular weight is 218 g/mol. The summed E-state index contributed by atoms with van der Waals surface area (Å²) in [6, 6.07) is 0. The van der Waals surface area contributed by atoms with E-state index in [9.17, 15) is 4.79 Å². The molecule has 1 amide bonds. The second kappa shape index (κ2) is 8.12. The highest BCUT2D eigenvalue weighted by molar-refractivity contribution is 7.99. The van der Waals surface area contributed by atoms with E-state index >= 15 is 0 Å². The van der Waals surface area contributed by atoms with Gasteiger partial charge in [-0.05, 0) is 26.1 Å². The van der Waals surface area contributed by atoms with Crippen molar-refractivity contribution in [3.63, 3.8) is 0 Å². The zero-order valence-electron chi connectivity index (χ0n) is 9.67. The van der Waals surface area contributed by atoms with Crippen molar-refractivity contribution in [2.45, 2.75) is 25.5 Å². The molecule has 0 spiro atoms. The Labute approximate surface area is 91.6 Å². The van der Waals surface area contributed by atoms with Gasteiger partial charge in [0.15, 0.2) is 0 Å². The second-order valence-corrected chi connectivity index (χ2v) is 4.70. The third-order valence-electron chi connectivity index (χ3n) is 2.31. The number of rotatable bonds is 7. The Balaban J connectivity index is 3.40. The molecule has 84 valence electrons. The van der Waals surface area contributed by atoms with Crippen molar-refractivity contribution >= 4 is 17.7 Å². The first-order valence-corrected chi connectivity index (χ1v) is 6.38. The highest BCUT2D eigenvalue weighted by Gasteiger charge is 2.05. The lowest BCUT2D eigenvalue weighted by Crippen LogP contribution is -2.36. The monoisotopic (exact) mass is 218 g/mol. The van der Waals surface area contributed by atoms with Gasteiger partial charge in [0.25, 0.3) is 0 Å². The minimum absolute atomic E-state index is 0.171. The van der Waals surface area contributed by atoms with E-state index in [1.54, 1.807) is 4.90 Å². The molecule has 0 heterocycles. The predicted octanol–water partition coefficient (Wildman–Crippen LogP) is 1.20. The van der Waals surface area contributed by atoms with Crippen LogP contribution in [0.2, 0.25) is 0 Å². The maximum absolute atomic E-state index is 11.3. The molecule has 0 aromatic heterocycles. The van der Waals surface area contributed by atoms with Crippen molar-refractivity contribution in [3.05, 3.63) is 0 Å². The van der Waals surface area contributed by atoms with E-state index in [2.05, 4.69) is 18.5 Å². The van der Waals surface area contributed by atoms with Crippen LogP contribution in [0.1, 0.15) is 20.3 Å². The summed E-state index contributed by atoms with van der Waals surface area (Å²) in [5.74, 6) is 0.171. The summed E-state index contributed by atoms with van der Waals surface area (Å²) in [5, 5.41) is 3.83. The van der Waals surface area contributed by atoms with Crippen LogP contribution in [0.4, 0.5) is 0 Å². The SMILES string of the molecule is CCN(C)C(=O)CNCCC(C)SC. The molecule has 0 fully saturated rings. The van der Waals surface area contributed by atoms with Crippen LogP contribution in [-0.4, -0.2) is 49.0 Å². The zero-order chi connectivity index (χ0) is 11.0. The molecular weight excluding hydrogens is 196 g/mol. The van der Waals surface area contributed by atoms with Crippen molar-refractivity contribution in [2.75, 3.05) is 32.9 Å². The largest absolute Gasteiger partial charge is 0.345 e. The molecule has 1 unspecified atom stereocenters. The number of amides is 1. The van der Waals surface area contributed by atoms with Gasteiger partial charge in [0.1, 0.15) is 0 Å². The normalized spacial score (nSPS) is 12.6. The molecule has 0 radical (unpaired) electrons. The van der Waals surface area contributed by atoms with Crippen molar-refractivity contribution < 1.29 is 4.79 Å². The van der Waals surface area contributed by atoms with Gasteiger partial charge < -0.3 is 10.2 Å². The molecule has 0 aromatic carbocycles. The Morgan fingerprint density at radius 1 is 1.57 bits per heavy atom. The fourth-order valence-electron chi connectivity index (χ4n) is 0.930. The van der Waals surface area contributed by atoms with E-state index in [1.807, 2.05) is 25.7 Å². The van der Waals surface area contributed by atoms with Crippen LogP contribution in [0.5, 0.6) is 0 Å². The molecule has 0 aliphatic rings. The summed E-state index contributed by atoms with van der Waals surface area (Å²) in [6.45, 7) is 6.35. The lowest BCUT2D eigenvalue weighted by atomic mass is 10.3. The summed E-state index contributed by atoms with van der Waals surface area (Å²) in [7, 11) is 1.83. The van der Waals surface area contributed by atoms with Crippen LogP contribution in [0.3, 0.4) is 0 Å². The fourth-order valence-corrected chi connectivity index (χ4v) is 1.28. The topological polar surface area (TPSA) is 32.3 Å². The standard InChI is InChI=1S/C10H22N2OS/c1-5-12(3)10(13)8-11-7-6-9(2)14-4/h9,11H,5-8H2,1-4H3. The van der Waals surface area contributed by atoms with Crippen molar-refractivity contribution in [1.29, 1.82) is 0 Å². The molecule has 14 heavy (non-hydrogen) atoms. The van der Waals surface area contributed by atoms with Crippen molar-refractivity contribution in [3.8, 4) is 0 Å². The number of hydrogen-bond donors (Lipinski definition) is 1. The van der Waals surface area contributed by atoms with Crippen LogP contribution < -0.4 is 5.32 Å². The molecule has 0 bridgehead atoms. The van der Waals surface area contributed by atoms with E-state index in [-0.39, 0.29) is 5.91 Å². The predicted molar refractivity (Wildman–Crippen MR) is 63.8 cm³/mol. The number of nitrogens with zero attached hydrogens (tertiary/aromatic N) is 1. The van der Waals surface area contributed by atoms with Crippen LogP contribution in [-0.2, 0) is 4.79 Å². The minimum atomic E-state index is 0.171. The molecule has 0 saturated heterocycles. The maximum atomic E-state index is 11.3. The molecule has 4 heteroatoms. The third-order valence-corrected chi connectivity index (χ3v) is 3.35. The average Bonchev–Trinajstić information content (AvgIpc) is 2.22. The van der Waals surface area contributed by atoms with E-state index in [0.717, 1.165) is 19.5 Å². The molecule has 0 aliphatic carbocycles. The highest BCUT2D eigenvalue weighted by Crippen LogP contribution is 2.07. The lowest BCUT2D eigenvalue weighted by molar-refractivity contribution is -0.128. The number of thioether (sulfide) groups is 1. The van der Waals surface area contributed by atoms with Crippen LogP contribution in [0, 0.1) is 0 Å². The van der Waals surface area contributed by atoms with Gasteiger partial charge in [-0.3, -0.25) is 4.79 Å². The van der Waals surface area contributed by atoms with Gasteiger partial charge in [-0.1, -0.05) is 6.92 Å². The Bertz CT molecular complexity index is 164. The molecule has 3 nitrogen and oxygen atoms in total. The van der Waals surface area contributed by atoms with Gasteiger partial charge in [-0.15, -0.1) is 0 Å². The molecule has 1 atom stereocenters. The Morgan fingerprint density at radius 3 is 2.71 bits per heavy atom. The summed E-state index contributed by atoms with van der Waals surface area (Å²) in [4.78, 5) is 13.1. The number of carbonyl (C=O) groups excluding carboxylic acids is 1. The van der Waals surface area contributed by atoms with Crippen LogP contribution in [0.25, 0.3) is 0 Å². The number of likely N-dealkylation sites (N-methyl/N-ethyl adjacent to an activating group) is 1. The molecule has 0 saturated carbocycles. The summed E-state index contributed by atoms with van der Waals surface area (Å²) >= 11 is 1.86. The van der Waals surface area contributed by atoms with Crippen molar-refractivity contribution in [2.24, 2.45) is 0 Å². The summed E-state index contributed by atoms with van der Waals surface area (Å²) in [6.07, 6.45) is 3.23. The molecule has 0 rings (SSSR count). The Kier molecular flexibility index (Phi) is 7.99. The first kappa shape index (κ1) is 13.8. The van der Waals surface area contributed by atoms with E-state index < -0.39 is 0 Å². The van der Waals surface area contributed by atoms with Crippen LogP contribution >= 0.6 is 11.8 Å². The smallest absolute Gasteiger partial charge is 0.236 e. The van der Waals surface area contributed by atoms with Gasteiger partial charge in [-0.25, -0.2) is 0 Å². The fraction of sp³-hybridized carbons (Fsp3) is 0.900. The second-order valence-electron chi connectivity index (χ2n) is 3.42. The van der Waals surface area contributed by atoms with Gasteiger partial charge in [-0.2, -0.15) is 11.8 Å². The maximum Gasteiger partial charge on any atom is 0.236 e. The minimum Gasteiger partial charge on any atom is -0.345 e. The summed E-state index contributed by atoms with van der Waals surface area (Å²) in [5.41, 5.74) is 0. The molecule has 0 aromatic rings. The van der Waals surface area contributed by atoms with Gasteiger partial charge in [0.05, 0.1) is 6.54 Å². The third kappa shape index (κ3) is 6.27. The van der Waals surface area contributed by atoms with Gasteiger partial charge >= 0.3 is 0 Å². The summed E-state index contributed by atoms with van der Waals surface area (Å²) < 4.78 is 0. The van der Waals surface area contributed by atoms with E-state index in [0.29, 0.717) is 11.8 Å². The van der Waals surface area contributed by atoms with Crippen molar-refractivity contribution in [1.82, 2.24) is 10.2 Å². The lowest BCUT2D eigenvalue weighted by Gasteiger charge is -2.15. The quantitative estimate of drug-likeness (QED) is 0.652. The first-order valence-electron chi connectivity index (χ1n) is 5.09. The van der Waals surface area contributed by atoms with Gasteiger partial charge in [0.2, 0.25) is 5.91 Å². The number of hydrogen-bond acceptors (Lipinski definition) is 3. The highest BCUT2D eigenvalue weighted by atomic mass is 32.2. The number of carbonyl (C=O) groups is 1. The van der Waals surface area contributed by atoms with E-state index in [4.69, 9.17) is 0 Å².